The van der Waals surface area contributed by atoms with Gasteiger partial charge >= 0.3 is 0 Å². The van der Waals surface area contributed by atoms with Crippen LogP contribution in [-0.4, -0.2) is 17.7 Å². The zero-order chi connectivity index (χ0) is 13.5. The van der Waals surface area contributed by atoms with Gasteiger partial charge in [-0.3, -0.25) is 9.59 Å². The molecule has 0 fully saturated rings. The molecule has 0 aliphatic heterocycles. The highest BCUT2D eigenvalue weighted by atomic mass is 35.5. The van der Waals surface area contributed by atoms with Crippen LogP contribution in [0.2, 0.25) is 4.34 Å². The number of ketones is 1. The lowest BCUT2D eigenvalue weighted by molar-refractivity contribution is -0.121. The van der Waals surface area contributed by atoms with Gasteiger partial charge in [0.1, 0.15) is 0 Å². The topological polar surface area (TPSA) is 46.2 Å². The molecule has 3 nitrogen and oxygen atoms in total. The summed E-state index contributed by atoms with van der Waals surface area (Å²) in [5, 5.41) is 2.91. The monoisotopic (exact) mass is 287 g/mol. The van der Waals surface area contributed by atoms with Crippen LogP contribution in [0.5, 0.6) is 0 Å². The van der Waals surface area contributed by atoms with Gasteiger partial charge in [-0.05, 0) is 25.0 Å². The fraction of sp³-hybridized carbons (Fsp3) is 0.538. The first-order valence-corrected chi connectivity index (χ1v) is 7.34. The Labute approximate surface area is 117 Å². The lowest BCUT2D eigenvalue weighted by Crippen LogP contribution is -2.33. The number of nitrogens with one attached hydrogen (secondary N) is 1. The zero-order valence-corrected chi connectivity index (χ0v) is 12.2. The Morgan fingerprint density at radius 2 is 1.94 bits per heavy atom. The third-order valence-electron chi connectivity index (χ3n) is 2.78. The lowest BCUT2D eigenvalue weighted by Gasteiger charge is -2.14. The summed E-state index contributed by atoms with van der Waals surface area (Å²) in [6, 6.07) is 3.61. The van der Waals surface area contributed by atoms with Crippen LogP contribution >= 0.6 is 22.9 Å². The molecule has 0 saturated carbocycles. The smallest absolute Gasteiger partial charge is 0.220 e. The molecule has 0 aliphatic carbocycles. The Hall–Kier alpha value is -0.870. The molecular weight excluding hydrogens is 270 g/mol. The van der Waals surface area contributed by atoms with Crippen molar-refractivity contribution in [3.63, 3.8) is 0 Å². The van der Waals surface area contributed by atoms with Gasteiger partial charge in [0.25, 0.3) is 0 Å². The Balaban J connectivity index is 2.36. The number of thiophene rings is 1. The SMILES string of the molecule is CCC(CC)NC(=O)CCC(=O)c1ccc(Cl)s1. The summed E-state index contributed by atoms with van der Waals surface area (Å²) in [4.78, 5) is 24.0. The van der Waals surface area contributed by atoms with E-state index in [1.165, 1.54) is 11.3 Å². The van der Waals surface area contributed by atoms with E-state index in [0.29, 0.717) is 9.21 Å². The minimum atomic E-state index is -0.0558. The minimum absolute atomic E-state index is 0.0217. The first kappa shape index (κ1) is 15.2. The molecule has 0 saturated heterocycles. The second-order valence-electron chi connectivity index (χ2n) is 4.11. The van der Waals surface area contributed by atoms with Crippen molar-refractivity contribution in [1.29, 1.82) is 0 Å². The number of carbonyl (C=O) groups excluding carboxylic acids is 2. The van der Waals surface area contributed by atoms with Crippen molar-refractivity contribution in [2.24, 2.45) is 0 Å². The van der Waals surface area contributed by atoms with Crippen molar-refractivity contribution >= 4 is 34.6 Å². The quantitative estimate of drug-likeness (QED) is 0.778. The van der Waals surface area contributed by atoms with Gasteiger partial charge in [0, 0.05) is 18.9 Å². The summed E-state index contributed by atoms with van der Waals surface area (Å²) >= 11 is 7.02. The minimum Gasteiger partial charge on any atom is -0.353 e. The standard InChI is InChI=1S/C13H18ClNO2S/c1-3-9(4-2)15-13(17)8-5-10(16)11-6-7-12(14)18-11/h6-7,9H,3-5,8H2,1-2H3,(H,15,17). The predicted molar refractivity (Wildman–Crippen MR) is 75.4 cm³/mol. The molecule has 0 aromatic carbocycles. The molecule has 1 aromatic heterocycles. The van der Waals surface area contributed by atoms with Crippen molar-refractivity contribution in [1.82, 2.24) is 5.32 Å². The van der Waals surface area contributed by atoms with Crippen LogP contribution in [-0.2, 0) is 4.79 Å². The highest BCUT2D eigenvalue weighted by molar-refractivity contribution is 7.18. The maximum absolute atomic E-state index is 11.8. The van der Waals surface area contributed by atoms with E-state index in [1.54, 1.807) is 12.1 Å². The molecule has 0 bridgehead atoms. The van der Waals surface area contributed by atoms with E-state index in [9.17, 15) is 9.59 Å². The number of rotatable bonds is 7. The first-order valence-electron chi connectivity index (χ1n) is 6.14. The number of Topliss-reactive ketones (excluding diaryl/α,β-unsaturated/α-hetero) is 1. The lowest BCUT2D eigenvalue weighted by atomic mass is 10.1. The zero-order valence-electron chi connectivity index (χ0n) is 10.7. The molecular formula is C13H18ClNO2S. The van der Waals surface area contributed by atoms with E-state index in [4.69, 9.17) is 11.6 Å². The maximum atomic E-state index is 11.8. The number of amides is 1. The number of carbonyl (C=O) groups is 2. The predicted octanol–water partition coefficient (Wildman–Crippen LogP) is 3.67. The highest BCUT2D eigenvalue weighted by Crippen LogP contribution is 2.22. The molecule has 1 amide bonds. The van der Waals surface area contributed by atoms with Crippen LogP contribution in [0.3, 0.4) is 0 Å². The van der Waals surface area contributed by atoms with E-state index in [0.717, 1.165) is 12.8 Å². The van der Waals surface area contributed by atoms with Crippen LogP contribution in [0.15, 0.2) is 12.1 Å². The molecule has 18 heavy (non-hydrogen) atoms. The average Bonchev–Trinajstić information content (AvgIpc) is 2.79. The molecule has 1 heterocycles. The van der Waals surface area contributed by atoms with Gasteiger partial charge in [0.15, 0.2) is 5.78 Å². The normalized spacial score (nSPS) is 10.7. The molecule has 5 heteroatoms. The fourth-order valence-corrected chi connectivity index (χ4v) is 2.62. The van der Waals surface area contributed by atoms with E-state index >= 15 is 0 Å². The Morgan fingerprint density at radius 1 is 1.28 bits per heavy atom. The van der Waals surface area contributed by atoms with Crippen LogP contribution < -0.4 is 5.32 Å². The molecule has 0 aliphatic rings. The molecule has 1 aromatic rings. The van der Waals surface area contributed by atoms with Crippen LogP contribution in [0.1, 0.15) is 49.2 Å². The van der Waals surface area contributed by atoms with Crippen LogP contribution in [0.25, 0.3) is 0 Å². The third kappa shape index (κ3) is 4.78. The molecule has 0 spiro atoms. The van der Waals surface area contributed by atoms with E-state index in [1.807, 2.05) is 13.8 Å². The van der Waals surface area contributed by atoms with E-state index < -0.39 is 0 Å². The summed E-state index contributed by atoms with van der Waals surface area (Å²) in [6.07, 6.45) is 2.31. The van der Waals surface area contributed by atoms with Crippen molar-refractivity contribution in [2.75, 3.05) is 0 Å². The highest BCUT2D eigenvalue weighted by Gasteiger charge is 2.13. The van der Waals surface area contributed by atoms with Gasteiger partial charge in [-0.25, -0.2) is 0 Å². The molecule has 100 valence electrons. The summed E-state index contributed by atoms with van der Waals surface area (Å²) in [7, 11) is 0. The number of halogens is 1. The van der Waals surface area contributed by atoms with Crippen LogP contribution in [0, 0.1) is 0 Å². The molecule has 0 radical (unpaired) electrons. The fourth-order valence-electron chi connectivity index (χ4n) is 1.61. The molecule has 0 unspecified atom stereocenters. The summed E-state index contributed by atoms with van der Waals surface area (Å²) in [6.45, 7) is 4.07. The summed E-state index contributed by atoms with van der Waals surface area (Å²) in [5.41, 5.74) is 0. The van der Waals surface area contributed by atoms with Gasteiger partial charge in [-0.2, -0.15) is 0 Å². The van der Waals surface area contributed by atoms with E-state index in [2.05, 4.69) is 5.32 Å². The largest absolute Gasteiger partial charge is 0.353 e. The Kier molecular flexibility index (Phi) is 6.36. The molecule has 1 rings (SSSR count). The van der Waals surface area contributed by atoms with Gasteiger partial charge in [0.05, 0.1) is 9.21 Å². The second kappa shape index (κ2) is 7.54. The average molecular weight is 288 g/mol. The van der Waals surface area contributed by atoms with Gasteiger partial charge in [-0.1, -0.05) is 25.4 Å². The Morgan fingerprint density at radius 3 is 2.44 bits per heavy atom. The van der Waals surface area contributed by atoms with Crippen molar-refractivity contribution in [3.05, 3.63) is 21.3 Å². The third-order valence-corrected chi connectivity index (χ3v) is 4.05. The van der Waals surface area contributed by atoms with Crippen molar-refractivity contribution < 1.29 is 9.59 Å². The van der Waals surface area contributed by atoms with E-state index in [-0.39, 0.29) is 30.6 Å². The Bertz CT molecular complexity index is 413. The summed E-state index contributed by atoms with van der Waals surface area (Å²) < 4.78 is 0.597. The van der Waals surface area contributed by atoms with Crippen molar-refractivity contribution in [3.8, 4) is 0 Å². The molecule has 1 N–H and O–H groups in total. The maximum Gasteiger partial charge on any atom is 0.220 e. The van der Waals surface area contributed by atoms with Gasteiger partial charge in [0.2, 0.25) is 5.91 Å². The summed E-state index contributed by atoms with van der Waals surface area (Å²) in [5.74, 6) is -0.0775. The number of hydrogen-bond donors (Lipinski definition) is 1. The van der Waals surface area contributed by atoms with Crippen LogP contribution in [0.4, 0.5) is 0 Å². The van der Waals surface area contributed by atoms with Gasteiger partial charge < -0.3 is 5.32 Å². The number of hydrogen-bond acceptors (Lipinski definition) is 3. The second-order valence-corrected chi connectivity index (χ2v) is 5.82. The molecule has 0 atom stereocenters. The first-order chi connectivity index (χ1) is 8.56. The van der Waals surface area contributed by atoms with Crippen molar-refractivity contribution in [2.45, 2.75) is 45.6 Å². The van der Waals surface area contributed by atoms with Gasteiger partial charge in [-0.15, -0.1) is 11.3 Å².